The van der Waals surface area contributed by atoms with Crippen molar-refractivity contribution in [3.05, 3.63) is 100 Å². The Morgan fingerprint density at radius 3 is 1.78 bits per heavy atom. The number of aliphatic hydroxyl groups is 10. The zero-order chi connectivity index (χ0) is 47.8. The van der Waals surface area contributed by atoms with Gasteiger partial charge in [-0.25, -0.2) is 9.97 Å². The highest BCUT2D eigenvalue weighted by molar-refractivity contribution is 6.29. The van der Waals surface area contributed by atoms with E-state index in [2.05, 4.69) is 26.3 Å². The van der Waals surface area contributed by atoms with Crippen LogP contribution >= 0.6 is 11.6 Å². The van der Waals surface area contributed by atoms with E-state index in [9.17, 15) is 50.4 Å². The maximum Gasteiger partial charge on any atom is 0.269 e. The number of nitrogens with two attached hydrogens (primary N) is 3. The number of anilines is 1. The van der Waals surface area contributed by atoms with Gasteiger partial charge >= 0.3 is 0 Å². The number of amidine groups is 1. The number of nitrogens with one attached hydrogen (secondary N) is 1. The van der Waals surface area contributed by atoms with Gasteiger partial charge < -0.3 is 73.6 Å². The van der Waals surface area contributed by atoms with Crippen molar-refractivity contribution >= 4 is 45.7 Å². The van der Waals surface area contributed by atoms with Gasteiger partial charge in [-0.3, -0.25) is 19.5 Å². The molecule has 4 rings (SSSR count). The molecule has 1 heterocycles. The molecule has 9 unspecified atom stereocenters. The van der Waals surface area contributed by atoms with Crippen LogP contribution in [0, 0.1) is 0 Å². The third kappa shape index (κ3) is 16.0. The van der Waals surface area contributed by atoms with Gasteiger partial charge in [0.15, 0.2) is 5.69 Å². The fraction of sp³-hybridized carbons (Fsp3) is 0.477. The van der Waals surface area contributed by atoms with E-state index in [4.69, 9.17) is 39.0 Å². The minimum absolute atomic E-state index is 0.0215. The highest BCUT2D eigenvalue weighted by Gasteiger charge is 2.34. The molecule has 0 bridgehead atoms. The van der Waals surface area contributed by atoms with Crippen LogP contribution in [0.25, 0.3) is 10.8 Å². The number of halogens is 1. The summed E-state index contributed by atoms with van der Waals surface area (Å²) in [5.41, 5.74) is 21.1. The number of carbonyl (C=O) groups excluding carboxylic acids is 2. The lowest BCUT2D eigenvalue weighted by atomic mass is 9.98. The molecule has 0 spiro atoms. The van der Waals surface area contributed by atoms with Crippen LogP contribution in [-0.4, -0.2) is 178 Å². The summed E-state index contributed by atoms with van der Waals surface area (Å²) in [6.07, 6.45) is -9.53. The number of aliphatic imine (C=N–C) groups is 1. The number of aliphatic hydroxyl groups excluding tert-OH is 10. The average molecular weight is 929 g/mol. The predicted molar refractivity (Wildman–Crippen MR) is 242 cm³/mol. The first-order chi connectivity index (χ1) is 30.9. The van der Waals surface area contributed by atoms with Gasteiger partial charge in [-0.1, -0.05) is 60.1 Å². The Hall–Kier alpha value is -4.78. The number of amides is 2. The molecule has 0 fully saturated rings. The number of aryl methyl sites for hydroxylation is 2. The Balaban J connectivity index is 1.26. The van der Waals surface area contributed by atoms with Gasteiger partial charge in [0.05, 0.1) is 37.7 Å². The third-order valence-corrected chi connectivity index (χ3v) is 11.0. The lowest BCUT2D eigenvalue weighted by Gasteiger charge is -2.33. The summed E-state index contributed by atoms with van der Waals surface area (Å²) in [7, 11) is 0. The standard InChI is InChI=1S/C44H61ClN8O12/c45-35-19-50-36(37(52-35)43(48)64)42(47)49-14-2-1-4-25-6-10-28-17-26(7-11-27(28)16-25)18-30(46)44(65)51-29-12-8-24(9-13-29)5-3-15-53(20-31(56)38(60)40(62)33(58)22-54)21-32(57)39(61)41(63)34(59)23-55/h6-13,16-17,19,30-34,38-41,54-63H,1-5,14-15,18,20-23,46H2,(H2,47,49)(H2,48,64)(H,51,65). The fourth-order valence-electron chi connectivity index (χ4n) is 7.04. The quantitative estimate of drug-likeness (QED) is 0.0170. The van der Waals surface area contributed by atoms with E-state index in [1.54, 1.807) is 24.3 Å². The third-order valence-electron chi connectivity index (χ3n) is 10.8. The van der Waals surface area contributed by atoms with Crippen molar-refractivity contribution in [2.75, 3.05) is 44.7 Å². The van der Waals surface area contributed by atoms with E-state index in [1.807, 2.05) is 30.3 Å². The van der Waals surface area contributed by atoms with Crippen LogP contribution in [0.5, 0.6) is 0 Å². The highest BCUT2D eigenvalue weighted by Crippen LogP contribution is 2.21. The summed E-state index contributed by atoms with van der Waals surface area (Å²) >= 11 is 5.82. The van der Waals surface area contributed by atoms with Crippen LogP contribution in [0.1, 0.15) is 52.1 Å². The Morgan fingerprint density at radius 1 is 0.692 bits per heavy atom. The van der Waals surface area contributed by atoms with Gasteiger partial charge in [0.25, 0.3) is 5.91 Å². The molecule has 21 heteroatoms. The summed E-state index contributed by atoms with van der Waals surface area (Å²) in [6, 6.07) is 18.3. The first-order valence-electron chi connectivity index (χ1n) is 21.1. The van der Waals surface area contributed by atoms with Crippen LogP contribution in [0.4, 0.5) is 5.69 Å². The molecule has 17 N–H and O–H groups in total. The number of carbonyl (C=O) groups is 2. The zero-order valence-electron chi connectivity index (χ0n) is 35.7. The highest BCUT2D eigenvalue weighted by atomic mass is 35.5. The number of hydrogen-bond donors (Lipinski definition) is 14. The fourth-order valence-corrected chi connectivity index (χ4v) is 7.17. The number of rotatable bonds is 27. The maximum absolute atomic E-state index is 13.1. The van der Waals surface area contributed by atoms with E-state index in [1.165, 1.54) is 11.1 Å². The molecule has 0 saturated heterocycles. The maximum atomic E-state index is 13.1. The van der Waals surface area contributed by atoms with Crippen molar-refractivity contribution < 1.29 is 60.7 Å². The lowest BCUT2D eigenvalue weighted by molar-refractivity contribution is -0.130. The minimum Gasteiger partial charge on any atom is -0.394 e. The molecule has 2 amide bonds. The molecule has 1 aromatic heterocycles. The summed E-state index contributed by atoms with van der Waals surface area (Å²) in [6.45, 7) is -1.91. The molecule has 356 valence electrons. The van der Waals surface area contributed by atoms with E-state index >= 15 is 0 Å². The molecule has 0 saturated carbocycles. The first kappa shape index (κ1) is 52.8. The first-order valence-corrected chi connectivity index (χ1v) is 21.5. The van der Waals surface area contributed by atoms with Gasteiger partial charge in [-0.15, -0.1) is 0 Å². The van der Waals surface area contributed by atoms with Crippen LogP contribution in [0.15, 0.2) is 71.9 Å². The van der Waals surface area contributed by atoms with Crippen LogP contribution in [0.3, 0.4) is 0 Å². The molecule has 65 heavy (non-hydrogen) atoms. The smallest absolute Gasteiger partial charge is 0.269 e. The molecular weight excluding hydrogens is 868 g/mol. The Labute approximate surface area is 380 Å². The second-order valence-electron chi connectivity index (χ2n) is 16.0. The van der Waals surface area contributed by atoms with Gasteiger partial charge in [0.2, 0.25) is 5.91 Å². The number of primary amides is 1. The Bertz CT molecular complexity index is 2140. The van der Waals surface area contributed by atoms with E-state index in [-0.39, 0.29) is 47.9 Å². The molecule has 20 nitrogen and oxygen atoms in total. The van der Waals surface area contributed by atoms with Gasteiger partial charge in [0, 0.05) is 25.3 Å². The molecule has 4 aromatic rings. The summed E-state index contributed by atoms with van der Waals surface area (Å²) < 4.78 is 0. The number of hydrogen-bond acceptors (Lipinski definition) is 17. The van der Waals surface area contributed by atoms with Crippen LogP contribution < -0.4 is 22.5 Å². The molecule has 9 atom stereocenters. The summed E-state index contributed by atoms with van der Waals surface area (Å²) in [5.74, 6) is -1.12. The topological polar surface area (TPSA) is 368 Å². The molecular formula is C44H61ClN8O12. The lowest BCUT2D eigenvalue weighted by Crippen LogP contribution is -2.53. The molecule has 0 radical (unpaired) electrons. The average Bonchev–Trinajstić information content (AvgIpc) is 3.29. The second kappa shape index (κ2) is 25.8. The zero-order valence-corrected chi connectivity index (χ0v) is 36.5. The van der Waals surface area contributed by atoms with Crippen LogP contribution in [-0.2, 0) is 24.1 Å². The molecule has 0 aliphatic rings. The number of fused-ring (bicyclic) bond motifs is 1. The molecule has 3 aromatic carbocycles. The van der Waals surface area contributed by atoms with Gasteiger partial charge in [-0.05, 0) is 84.7 Å². The molecule has 0 aliphatic heterocycles. The number of unbranched alkanes of at least 4 members (excludes halogenated alkanes) is 1. The second-order valence-corrected chi connectivity index (χ2v) is 16.3. The van der Waals surface area contributed by atoms with E-state index in [0.29, 0.717) is 31.5 Å². The van der Waals surface area contributed by atoms with E-state index in [0.717, 1.165) is 46.7 Å². The Kier molecular flexibility index (Phi) is 21.0. The number of nitrogens with zero attached hydrogens (tertiary/aromatic N) is 4. The van der Waals surface area contributed by atoms with Gasteiger partial charge in [0.1, 0.15) is 53.3 Å². The normalized spacial score (nSPS) is 16.4. The molecule has 0 aliphatic carbocycles. The number of aromatic nitrogens is 2. The van der Waals surface area contributed by atoms with Crippen molar-refractivity contribution in [2.24, 2.45) is 22.2 Å². The van der Waals surface area contributed by atoms with Crippen molar-refractivity contribution in [1.29, 1.82) is 0 Å². The van der Waals surface area contributed by atoms with Crippen molar-refractivity contribution in [1.82, 2.24) is 14.9 Å². The predicted octanol–water partition coefficient (Wildman–Crippen LogP) is -2.27. The monoisotopic (exact) mass is 928 g/mol. The van der Waals surface area contributed by atoms with Gasteiger partial charge in [-0.2, -0.15) is 0 Å². The minimum atomic E-state index is -1.89. The number of benzene rings is 3. The van der Waals surface area contributed by atoms with Crippen LogP contribution in [0.2, 0.25) is 5.15 Å². The largest absolute Gasteiger partial charge is 0.394 e. The SMILES string of the molecule is NC(=O)c1nc(Cl)cnc1C(N)=NCCCCc1ccc2cc(CC(N)C(=O)Nc3ccc(CCCN(CC(O)C(O)C(O)C(O)CO)CC(O)C(O)C(O)C(O)CO)cc3)ccc2c1. The van der Waals surface area contributed by atoms with Crippen molar-refractivity contribution in [2.45, 2.75) is 93.4 Å². The Morgan fingerprint density at radius 2 is 1.22 bits per heavy atom. The summed E-state index contributed by atoms with van der Waals surface area (Å²) in [5, 5.41) is 104. The van der Waals surface area contributed by atoms with Crippen molar-refractivity contribution in [3.8, 4) is 0 Å². The summed E-state index contributed by atoms with van der Waals surface area (Å²) in [4.78, 5) is 38.5. The van der Waals surface area contributed by atoms with Crippen molar-refractivity contribution in [3.63, 3.8) is 0 Å². The van der Waals surface area contributed by atoms with E-state index < -0.39 is 74.0 Å².